The van der Waals surface area contributed by atoms with E-state index in [0.717, 1.165) is 25.8 Å². The standard InChI is InChI=1S/C15H22N2O2S/c18-20(19,15-7-4-9-16-11-15)17-10-8-14(12-17)13-5-2-1-3-6-13/h1-3,5-6,14-16H,4,7-12H2. The van der Waals surface area contributed by atoms with Gasteiger partial charge in [-0.05, 0) is 37.3 Å². The van der Waals surface area contributed by atoms with Gasteiger partial charge in [0.1, 0.15) is 0 Å². The summed E-state index contributed by atoms with van der Waals surface area (Å²) in [5, 5.41) is 2.97. The molecule has 20 heavy (non-hydrogen) atoms. The maximum absolute atomic E-state index is 12.7. The van der Waals surface area contributed by atoms with E-state index in [0.29, 0.717) is 25.6 Å². The zero-order valence-electron chi connectivity index (χ0n) is 11.7. The van der Waals surface area contributed by atoms with Crippen LogP contribution in [0.15, 0.2) is 30.3 Å². The lowest BCUT2D eigenvalue weighted by atomic mass is 9.99. The summed E-state index contributed by atoms with van der Waals surface area (Å²) in [6.07, 6.45) is 2.69. The summed E-state index contributed by atoms with van der Waals surface area (Å²) in [4.78, 5) is 0. The Morgan fingerprint density at radius 1 is 1.15 bits per heavy atom. The highest BCUT2D eigenvalue weighted by Gasteiger charge is 2.37. The minimum Gasteiger partial charge on any atom is -0.315 e. The first-order chi connectivity index (χ1) is 9.68. The van der Waals surface area contributed by atoms with Crippen molar-refractivity contribution in [3.63, 3.8) is 0 Å². The number of piperidine rings is 1. The molecule has 0 amide bonds. The summed E-state index contributed by atoms with van der Waals surface area (Å²) in [5.41, 5.74) is 1.26. The SMILES string of the molecule is O=S(=O)(C1CCCNC1)N1CCC(c2ccccc2)C1. The zero-order valence-corrected chi connectivity index (χ0v) is 12.5. The first-order valence-corrected chi connectivity index (χ1v) is 8.93. The largest absolute Gasteiger partial charge is 0.315 e. The van der Waals surface area contributed by atoms with E-state index < -0.39 is 10.0 Å². The molecule has 2 atom stereocenters. The minimum atomic E-state index is -3.13. The molecule has 2 unspecified atom stereocenters. The quantitative estimate of drug-likeness (QED) is 0.920. The molecular weight excluding hydrogens is 272 g/mol. The van der Waals surface area contributed by atoms with Crippen LogP contribution in [-0.2, 0) is 10.0 Å². The number of nitrogens with one attached hydrogen (secondary N) is 1. The second-order valence-electron chi connectivity index (χ2n) is 5.77. The molecule has 0 aliphatic carbocycles. The number of rotatable bonds is 3. The molecule has 2 aliphatic rings. The average Bonchev–Trinajstić information content (AvgIpc) is 3.00. The third-order valence-electron chi connectivity index (χ3n) is 4.45. The van der Waals surface area contributed by atoms with Gasteiger partial charge in [0.2, 0.25) is 10.0 Å². The van der Waals surface area contributed by atoms with E-state index in [1.54, 1.807) is 4.31 Å². The van der Waals surface area contributed by atoms with E-state index in [-0.39, 0.29) is 5.25 Å². The summed E-state index contributed by atoms with van der Waals surface area (Å²) in [6.45, 7) is 2.86. The predicted octanol–water partition coefficient (Wildman–Crippen LogP) is 1.56. The zero-order chi connectivity index (χ0) is 14.0. The van der Waals surface area contributed by atoms with Crippen molar-refractivity contribution in [2.24, 2.45) is 0 Å². The van der Waals surface area contributed by atoms with Crippen LogP contribution in [-0.4, -0.2) is 44.2 Å². The normalized spacial score (nSPS) is 28.6. The lowest BCUT2D eigenvalue weighted by molar-refractivity contribution is 0.433. The van der Waals surface area contributed by atoms with Crippen molar-refractivity contribution < 1.29 is 8.42 Å². The van der Waals surface area contributed by atoms with Crippen LogP contribution in [0.4, 0.5) is 0 Å². The summed E-state index contributed by atoms with van der Waals surface area (Å²) < 4.78 is 27.0. The van der Waals surface area contributed by atoms with Crippen LogP contribution in [0.1, 0.15) is 30.7 Å². The maximum atomic E-state index is 12.7. The van der Waals surface area contributed by atoms with Crippen LogP contribution in [0.5, 0.6) is 0 Å². The molecule has 110 valence electrons. The fourth-order valence-corrected chi connectivity index (χ4v) is 5.20. The van der Waals surface area contributed by atoms with Gasteiger partial charge in [-0.15, -0.1) is 0 Å². The lowest BCUT2D eigenvalue weighted by Crippen LogP contribution is -2.45. The van der Waals surface area contributed by atoms with Gasteiger partial charge in [-0.25, -0.2) is 12.7 Å². The molecule has 0 aromatic heterocycles. The molecule has 2 aliphatic heterocycles. The Hall–Kier alpha value is -0.910. The molecule has 2 heterocycles. The van der Waals surface area contributed by atoms with Gasteiger partial charge in [0.15, 0.2) is 0 Å². The van der Waals surface area contributed by atoms with Gasteiger partial charge in [0, 0.05) is 19.6 Å². The topological polar surface area (TPSA) is 49.4 Å². The van der Waals surface area contributed by atoms with E-state index in [1.807, 2.05) is 18.2 Å². The Balaban J connectivity index is 1.70. The van der Waals surface area contributed by atoms with Crippen LogP contribution >= 0.6 is 0 Å². The van der Waals surface area contributed by atoms with Gasteiger partial charge >= 0.3 is 0 Å². The van der Waals surface area contributed by atoms with E-state index in [9.17, 15) is 8.42 Å². The molecule has 2 saturated heterocycles. The smallest absolute Gasteiger partial charge is 0.218 e. The van der Waals surface area contributed by atoms with Gasteiger partial charge in [0.25, 0.3) is 0 Å². The van der Waals surface area contributed by atoms with Crippen molar-refractivity contribution in [3.05, 3.63) is 35.9 Å². The maximum Gasteiger partial charge on any atom is 0.218 e. The van der Waals surface area contributed by atoms with Crippen molar-refractivity contribution in [1.82, 2.24) is 9.62 Å². The lowest BCUT2D eigenvalue weighted by Gasteiger charge is -2.27. The van der Waals surface area contributed by atoms with E-state index in [1.165, 1.54) is 5.56 Å². The molecule has 5 heteroatoms. The first kappa shape index (κ1) is 14.0. The number of nitrogens with zero attached hydrogens (tertiary/aromatic N) is 1. The second kappa shape index (κ2) is 5.84. The number of benzene rings is 1. The highest BCUT2D eigenvalue weighted by atomic mass is 32.2. The predicted molar refractivity (Wildman–Crippen MR) is 80.2 cm³/mol. The molecule has 1 aromatic carbocycles. The Morgan fingerprint density at radius 2 is 1.95 bits per heavy atom. The van der Waals surface area contributed by atoms with Crippen molar-refractivity contribution in [1.29, 1.82) is 0 Å². The van der Waals surface area contributed by atoms with Crippen LogP contribution in [0.2, 0.25) is 0 Å². The molecule has 1 N–H and O–H groups in total. The van der Waals surface area contributed by atoms with Crippen LogP contribution < -0.4 is 5.32 Å². The van der Waals surface area contributed by atoms with Crippen LogP contribution in [0.25, 0.3) is 0 Å². The Morgan fingerprint density at radius 3 is 2.65 bits per heavy atom. The van der Waals surface area contributed by atoms with Gasteiger partial charge in [-0.2, -0.15) is 0 Å². The second-order valence-corrected chi connectivity index (χ2v) is 7.98. The number of sulfonamides is 1. The van der Waals surface area contributed by atoms with Crippen molar-refractivity contribution in [3.8, 4) is 0 Å². The molecule has 4 nitrogen and oxygen atoms in total. The van der Waals surface area contributed by atoms with E-state index >= 15 is 0 Å². The summed E-state index contributed by atoms with van der Waals surface area (Å²) in [7, 11) is -3.13. The molecule has 0 spiro atoms. The molecule has 3 rings (SSSR count). The minimum absolute atomic E-state index is 0.231. The average molecular weight is 294 g/mol. The van der Waals surface area contributed by atoms with E-state index in [2.05, 4.69) is 17.4 Å². The third kappa shape index (κ3) is 2.75. The third-order valence-corrected chi connectivity index (χ3v) is 6.75. The fraction of sp³-hybridized carbons (Fsp3) is 0.600. The Bertz CT molecular complexity index is 538. The van der Waals surface area contributed by atoms with Crippen molar-refractivity contribution >= 4 is 10.0 Å². The van der Waals surface area contributed by atoms with Crippen LogP contribution in [0, 0.1) is 0 Å². The van der Waals surface area contributed by atoms with Gasteiger partial charge in [-0.1, -0.05) is 30.3 Å². The van der Waals surface area contributed by atoms with Gasteiger partial charge in [0.05, 0.1) is 5.25 Å². The summed E-state index contributed by atoms with van der Waals surface area (Å²) in [6, 6.07) is 10.3. The summed E-state index contributed by atoms with van der Waals surface area (Å²) in [5.74, 6) is 0.350. The molecule has 0 bridgehead atoms. The van der Waals surface area contributed by atoms with Gasteiger partial charge in [-0.3, -0.25) is 0 Å². The van der Waals surface area contributed by atoms with Gasteiger partial charge < -0.3 is 5.32 Å². The van der Waals surface area contributed by atoms with Crippen LogP contribution in [0.3, 0.4) is 0 Å². The molecule has 0 radical (unpaired) electrons. The Kier molecular flexibility index (Phi) is 4.10. The highest BCUT2D eigenvalue weighted by Crippen LogP contribution is 2.30. The highest BCUT2D eigenvalue weighted by molar-refractivity contribution is 7.89. The molecule has 1 aromatic rings. The fourth-order valence-electron chi connectivity index (χ4n) is 3.24. The summed E-state index contributed by atoms with van der Waals surface area (Å²) >= 11 is 0. The number of hydrogen-bond donors (Lipinski definition) is 1. The van der Waals surface area contributed by atoms with Crippen molar-refractivity contribution in [2.45, 2.75) is 30.4 Å². The van der Waals surface area contributed by atoms with E-state index in [4.69, 9.17) is 0 Å². The number of hydrogen-bond acceptors (Lipinski definition) is 3. The molecular formula is C15H22N2O2S. The first-order valence-electron chi connectivity index (χ1n) is 7.42. The van der Waals surface area contributed by atoms with Crippen molar-refractivity contribution in [2.75, 3.05) is 26.2 Å². The molecule has 2 fully saturated rings. The molecule has 0 saturated carbocycles. The monoisotopic (exact) mass is 294 g/mol. The Labute approximate surface area is 121 Å².